The summed E-state index contributed by atoms with van der Waals surface area (Å²) in [6.07, 6.45) is 5.20. The summed E-state index contributed by atoms with van der Waals surface area (Å²) in [5.41, 5.74) is 7.87. The van der Waals surface area contributed by atoms with Crippen molar-refractivity contribution in [2.24, 2.45) is 23.0 Å². The van der Waals surface area contributed by atoms with Crippen LogP contribution in [0.2, 0.25) is 0 Å². The Morgan fingerprint density at radius 3 is 2.65 bits per heavy atom. The van der Waals surface area contributed by atoms with Crippen molar-refractivity contribution >= 4 is 23.6 Å². The van der Waals surface area contributed by atoms with Crippen LogP contribution in [0.1, 0.15) is 72.9 Å². The Hall–Kier alpha value is -3.95. The third-order valence-electron chi connectivity index (χ3n) is 9.33. The van der Waals surface area contributed by atoms with E-state index >= 15 is 0 Å². The van der Waals surface area contributed by atoms with Gasteiger partial charge in [0.1, 0.15) is 28.9 Å². The normalized spacial score (nSPS) is 26.6. The van der Waals surface area contributed by atoms with Crippen molar-refractivity contribution in [3.63, 3.8) is 0 Å². The van der Waals surface area contributed by atoms with Gasteiger partial charge in [0.2, 0.25) is 5.91 Å². The number of phenolic OH excluding ortho intramolecular Hbond substituents is 1. The molecule has 0 saturated heterocycles. The molecule has 2 aromatic rings. The fourth-order valence-electron chi connectivity index (χ4n) is 7.47. The van der Waals surface area contributed by atoms with Gasteiger partial charge in [0.05, 0.1) is 7.11 Å². The minimum atomic E-state index is -0.851. The molecule has 5 rings (SSSR count). The number of amides is 3. The van der Waals surface area contributed by atoms with Crippen LogP contribution in [0, 0.1) is 17.3 Å². The summed E-state index contributed by atoms with van der Waals surface area (Å²) in [5, 5.41) is 25.3. The number of phenols is 2. The molecule has 214 valence electrons. The van der Waals surface area contributed by atoms with Crippen LogP contribution in [-0.2, 0) is 16.0 Å². The zero-order chi connectivity index (χ0) is 28.6. The average molecular weight is 552 g/mol. The second-order valence-corrected chi connectivity index (χ2v) is 11.5. The van der Waals surface area contributed by atoms with E-state index in [0.717, 1.165) is 38.5 Å². The number of anilines is 1. The van der Waals surface area contributed by atoms with Gasteiger partial charge in [0, 0.05) is 36.2 Å². The number of aromatic hydroxyl groups is 2. The lowest BCUT2D eigenvalue weighted by atomic mass is 9.55. The number of nitrogens with one attached hydrogen (secondary N) is 2. The molecule has 3 aliphatic rings. The summed E-state index contributed by atoms with van der Waals surface area (Å²) in [7, 11) is 1.32. The molecule has 40 heavy (non-hydrogen) atoms. The van der Waals surface area contributed by atoms with Crippen LogP contribution in [0.5, 0.6) is 17.2 Å². The monoisotopic (exact) mass is 551 g/mol. The molecule has 0 aromatic heterocycles. The first-order chi connectivity index (χ1) is 19.1. The molecule has 6 N–H and O–H groups in total. The molecular formula is C30H37N3O7. The van der Waals surface area contributed by atoms with Gasteiger partial charge in [-0.15, -0.1) is 0 Å². The predicted molar refractivity (Wildman–Crippen MR) is 147 cm³/mol. The molecule has 2 fully saturated rings. The number of methoxy groups -OCH3 is 1. The third kappa shape index (κ3) is 5.14. The summed E-state index contributed by atoms with van der Waals surface area (Å²) in [6, 6.07) is 8.39. The Bertz CT molecular complexity index is 1330. The number of primary amides is 1. The first-order valence-electron chi connectivity index (χ1n) is 13.9. The van der Waals surface area contributed by atoms with E-state index in [1.165, 1.54) is 30.4 Å². The third-order valence-corrected chi connectivity index (χ3v) is 9.33. The number of carbonyl (C=O) groups excluding carboxylic acids is 3. The lowest BCUT2D eigenvalue weighted by molar-refractivity contribution is -0.116. The number of hydrogen-bond donors (Lipinski definition) is 5. The lowest BCUT2D eigenvalue weighted by Crippen LogP contribution is -2.46. The first kappa shape index (κ1) is 27.6. The highest BCUT2D eigenvalue weighted by Crippen LogP contribution is 2.61. The van der Waals surface area contributed by atoms with E-state index in [1.54, 1.807) is 6.07 Å². The zero-order valence-corrected chi connectivity index (χ0v) is 22.9. The van der Waals surface area contributed by atoms with Gasteiger partial charge in [-0.2, -0.15) is 0 Å². The summed E-state index contributed by atoms with van der Waals surface area (Å²) >= 11 is 0. The number of fused-ring (bicyclic) bond motifs is 5. The van der Waals surface area contributed by atoms with Crippen LogP contribution in [0.4, 0.5) is 10.5 Å². The van der Waals surface area contributed by atoms with Gasteiger partial charge in [0.15, 0.2) is 0 Å². The quantitative estimate of drug-likeness (QED) is 0.345. The molecule has 3 amide bonds. The largest absolute Gasteiger partial charge is 0.508 e. The van der Waals surface area contributed by atoms with Crippen LogP contribution in [0.3, 0.4) is 0 Å². The Labute approximate surface area is 233 Å². The molecule has 5 atom stereocenters. The van der Waals surface area contributed by atoms with E-state index in [1.807, 2.05) is 6.07 Å². The van der Waals surface area contributed by atoms with Gasteiger partial charge in [-0.05, 0) is 79.5 Å². The Morgan fingerprint density at radius 2 is 1.90 bits per heavy atom. The molecule has 0 aliphatic heterocycles. The summed E-state index contributed by atoms with van der Waals surface area (Å²) < 4.78 is 11.0. The van der Waals surface area contributed by atoms with E-state index in [9.17, 15) is 24.6 Å². The number of carbonyl (C=O) groups is 3. The number of rotatable bonds is 7. The topological polar surface area (TPSA) is 160 Å². The fraction of sp³-hybridized carbons (Fsp3) is 0.500. The molecule has 0 radical (unpaired) electrons. The van der Waals surface area contributed by atoms with Crippen molar-refractivity contribution in [2.45, 2.75) is 63.9 Å². The average Bonchev–Trinajstić information content (AvgIpc) is 3.23. The number of nitrogens with two attached hydrogens (primary N) is 1. The van der Waals surface area contributed by atoms with Crippen LogP contribution < -0.4 is 21.1 Å². The van der Waals surface area contributed by atoms with Crippen molar-refractivity contribution in [2.75, 3.05) is 19.0 Å². The smallest absolute Gasteiger partial charge is 0.407 e. The molecule has 0 heterocycles. The van der Waals surface area contributed by atoms with E-state index in [-0.39, 0.29) is 41.5 Å². The highest BCUT2D eigenvalue weighted by Gasteiger charge is 2.56. The van der Waals surface area contributed by atoms with Crippen molar-refractivity contribution in [1.29, 1.82) is 0 Å². The lowest BCUT2D eigenvalue weighted by Gasteiger charge is -2.50. The van der Waals surface area contributed by atoms with Gasteiger partial charge >= 0.3 is 6.09 Å². The molecule has 10 nitrogen and oxygen atoms in total. The second-order valence-electron chi connectivity index (χ2n) is 11.5. The molecule has 2 aromatic carbocycles. The predicted octanol–water partition coefficient (Wildman–Crippen LogP) is 4.19. The molecule has 2 saturated carbocycles. The maximum absolute atomic E-state index is 12.7. The molecular weight excluding hydrogens is 514 g/mol. The number of ether oxygens (including phenoxy) is 2. The highest BCUT2D eigenvalue weighted by molar-refractivity contribution is 6.00. The van der Waals surface area contributed by atoms with Crippen molar-refractivity contribution in [1.82, 2.24) is 5.32 Å². The van der Waals surface area contributed by atoms with Gasteiger partial charge < -0.3 is 36.1 Å². The number of aryl methyl sites for hydroxylation is 1. The maximum atomic E-state index is 12.7. The van der Waals surface area contributed by atoms with E-state index < -0.39 is 23.7 Å². The molecule has 0 spiro atoms. The summed E-state index contributed by atoms with van der Waals surface area (Å²) in [6.45, 7) is 2.33. The Morgan fingerprint density at radius 1 is 1.10 bits per heavy atom. The summed E-state index contributed by atoms with van der Waals surface area (Å²) in [5.74, 6) is 0.229. The highest BCUT2D eigenvalue weighted by atomic mass is 16.6. The van der Waals surface area contributed by atoms with Crippen LogP contribution in [0.25, 0.3) is 0 Å². The number of benzene rings is 2. The van der Waals surface area contributed by atoms with Crippen LogP contribution in [0.15, 0.2) is 30.3 Å². The Kier molecular flexibility index (Phi) is 7.53. The van der Waals surface area contributed by atoms with Gasteiger partial charge in [-0.1, -0.05) is 13.0 Å². The standard InChI is InChI=1S/C30H37N3O7/c1-30-11-9-20-19-6-4-18(34)13-16(19)3-5-21(20)22(30)7-8-25(30)40-29(38)32-12-10-26(36)33-17-14-23(35)27(28(31)37)24(15-17)39-2/h4,6,13-15,20-22,25,34-35H,3,5,7-12H2,1-2H3,(H2,31,37)(H,32,38)(H,33,36). The fourth-order valence-corrected chi connectivity index (χ4v) is 7.47. The van der Waals surface area contributed by atoms with E-state index in [4.69, 9.17) is 15.2 Å². The first-order valence-corrected chi connectivity index (χ1v) is 13.9. The van der Waals surface area contributed by atoms with Crippen LogP contribution >= 0.6 is 0 Å². The van der Waals surface area contributed by atoms with Gasteiger partial charge in [-0.3, -0.25) is 9.59 Å². The molecule has 5 unspecified atom stereocenters. The van der Waals surface area contributed by atoms with Gasteiger partial charge in [-0.25, -0.2) is 4.79 Å². The molecule has 3 aliphatic carbocycles. The number of hydrogen-bond acceptors (Lipinski definition) is 7. The van der Waals surface area contributed by atoms with Gasteiger partial charge in [0.25, 0.3) is 5.91 Å². The summed E-state index contributed by atoms with van der Waals surface area (Å²) in [4.78, 5) is 36.6. The Balaban J connectivity index is 1.13. The zero-order valence-electron chi connectivity index (χ0n) is 22.9. The molecule has 0 bridgehead atoms. The molecule has 10 heteroatoms. The van der Waals surface area contributed by atoms with Crippen molar-refractivity contribution in [3.05, 3.63) is 47.0 Å². The van der Waals surface area contributed by atoms with Crippen LogP contribution in [-0.4, -0.2) is 47.9 Å². The van der Waals surface area contributed by atoms with Crippen molar-refractivity contribution < 1.29 is 34.1 Å². The SMILES string of the molecule is COc1cc(NC(=O)CCNC(=O)OC2CCC3C4CCc5cc(O)ccc5C4CCC23C)cc(O)c1C(N)=O. The van der Waals surface area contributed by atoms with Crippen molar-refractivity contribution in [3.8, 4) is 17.2 Å². The minimum absolute atomic E-state index is 0.0149. The number of alkyl carbamates (subject to hydrolysis) is 1. The van der Waals surface area contributed by atoms with E-state index in [2.05, 4.69) is 23.6 Å². The van der Waals surface area contributed by atoms with E-state index in [0.29, 0.717) is 23.5 Å². The minimum Gasteiger partial charge on any atom is -0.508 e. The second kappa shape index (κ2) is 10.9. The maximum Gasteiger partial charge on any atom is 0.407 e.